The van der Waals surface area contributed by atoms with Gasteiger partial charge in [-0.1, -0.05) is 0 Å². The third kappa shape index (κ3) is 5.71. The van der Waals surface area contributed by atoms with Crippen LogP contribution in [0.1, 0.15) is 16.9 Å². The summed E-state index contributed by atoms with van der Waals surface area (Å²) in [6, 6.07) is 5.04. The van der Waals surface area contributed by atoms with Crippen LogP contribution in [0.5, 0.6) is 17.2 Å². The van der Waals surface area contributed by atoms with Gasteiger partial charge in [-0.25, -0.2) is 9.97 Å². The molecule has 1 aromatic heterocycles. The number of benzene rings is 1. The normalized spacial score (nSPS) is 10.5. The van der Waals surface area contributed by atoms with E-state index in [2.05, 4.69) is 25.5 Å². The molecule has 152 valence electrons. The molecule has 0 fully saturated rings. The SMILES string of the molecule is COc1cc(Nc2nccc(C(=O)NCCCN(C)C)n2)cc(OC)c1OC. The molecule has 2 aromatic rings. The molecule has 1 aromatic carbocycles. The van der Waals surface area contributed by atoms with Crippen molar-refractivity contribution >= 4 is 17.5 Å². The van der Waals surface area contributed by atoms with Crippen LogP contribution in [-0.4, -0.2) is 69.3 Å². The second-order valence-electron chi connectivity index (χ2n) is 6.22. The van der Waals surface area contributed by atoms with Crippen molar-refractivity contribution in [2.75, 3.05) is 53.8 Å². The number of carbonyl (C=O) groups is 1. The lowest BCUT2D eigenvalue weighted by Crippen LogP contribution is -2.28. The number of methoxy groups -OCH3 is 3. The summed E-state index contributed by atoms with van der Waals surface area (Å²) < 4.78 is 16.0. The lowest BCUT2D eigenvalue weighted by Gasteiger charge is -2.14. The zero-order valence-electron chi connectivity index (χ0n) is 16.9. The minimum absolute atomic E-state index is 0.242. The molecule has 0 aliphatic rings. The first-order valence-electron chi connectivity index (χ1n) is 8.81. The molecule has 2 rings (SSSR count). The van der Waals surface area contributed by atoms with Crippen LogP contribution in [-0.2, 0) is 0 Å². The van der Waals surface area contributed by atoms with Crippen molar-refractivity contribution in [3.8, 4) is 17.2 Å². The number of rotatable bonds is 10. The van der Waals surface area contributed by atoms with Crippen LogP contribution in [0.15, 0.2) is 24.4 Å². The largest absolute Gasteiger partial charge is 0.493 e. The van der Waals surface area contributed by atoms with Crippen molar-refractivity contribution < 1.29 is 19.0 Å². The highest BCUT2D eigenvalue weighted by molar-refractivity contribution is 5.92. The minimum Gasteiger partial charge on any atom is -0.493 e. The molecule has 0 aliphatic heterocycles. The number of ether oxygens (including phenoxy) is 3. The zero-order chi connectivity index (χ0) is 20.5. The summed E-state index contributed by atoms with van der Waals surface area (Å²) >= 11 is 0. The Morgan fingerprint density at radius 1 is 1.11 bits per heavy atom. The van der Waals surface area contributed by atoms with Gasteiger partial charge in [-0.05, 0) is 33.1 Å². The second kappa shape index (κ2) is 10.3. The van der Waals surface area contributed by atoms with Crippen molar-refractivity contribution in [2.24, 2.45) is 0 Å². The Balaban J connectivity index is 2.11. The third-order valence-corrected chi connectivity index (χ3v) is 3.88. The zero-order valence-corrected chi connectivity index (χ0v) is 16.9. The van der Waals surface area contributed by atoms with Crippen LogP contribution < -0.4 is 24.8 Å². The smallest absolute Gasteiger partial charge is 0.270 e. The van der Waals surface area contributed by atoms with Crippen LogP contribution in [0.3, 0.4) is 0 Å². The van der Waals surface area contributed by atoms with Crippen LogP contribution >= 0.6 is 0 Å². The molecule has 28 heavy (non-hydrogen) atoms. The quantitative estimate of drug-likeness (QED) is 0.595. The molecule has 0 aliphatic carbocycles. The lowest BCUT2D eigenvalue weighted by molar-refractivity contribution is 0.0947. The fourth-order valence-electron chi connectivity index (χ4n) is 2.52. The van der Waals surface area contributed by atoms with Gasteiger partial charge in [0.1, 0.15) is 5.69 Å². The molecule has 1 amide bonds. The maximum absolute atomic E-state index is 12.3. The van der Waals surface area contributed by atoms with Crippen molar-refractivity contribution in [3.05, 3.63) is 30.1 Å². The monoisotopic (exact) mass is 389 g/mol. The highest BCUT2D eigenvalue weighted by Gasteiger charge is 2.14. The van der Waals surface area contributed by atoms with E-state index in [9.17, 15) is 4.79 Å². The van der Waals surface area contributed by atoms with E-state index in [1.807, 2.05) is 14.1 Å². The van der Waals surface area contributed by atoms with E-state index in [4.69, 9.17) is 14.2 Å². The molecule has 9 heteroatoms. The van der Waals surface area contributed by atoms with Crippen LogP contribution in [0.25, 0.3) is 0 Å². The number of anilines is 2. The molecular weight excluding hydrogens is 362 g/mol. The summed E-state index contributed by atoms with van der Waals surface area (Å²) in [5.41, 5.74) is 0.924. The number of hydrogen-bond acceptors (Lipinski definition) is 8. The Hall–Kier alpha value is -3.07. The van der Waals surface area contributed by atoms with Gasteiger partial charge < -0.3 is 29.7 Å². The van der Waals surface area contributed by atoms with E-state index in [1.54, 1.807) is 32.4 Å². The lowest BCUT2D eigenvalue weighted by atomic mass is 10.2. The molecule has 1 heterocycles. The maximum Gasteiger partial charge on any atom is 0.270 e. The molecule has 0 saturated carbocycles. The van der Waals surface area contributed by atoms with Crippen LogP contribution in [0.2, 0.25) is 0 Å². The second-order valence-corrected chi connectivity index (χ2v) is 6.22. The van der Waals surface area contributed by atoms with Gasteiger partial charge in [0.15, 0.2) is 11.5 Å². The summed E-state index contributed by atoms with van der Waals surface area (Å²) in [6.45, 7) is 1.48. The summed E-state index contributed by atoms with van der Waals surface area (Å²) in [5.74, 6) is 1.53. The van der Waals surface area contributed by atoms with Crippen molar-refractivity contribution in [1.29, 1.82) is 0 Å². The van der Waals surface area contributed by atoms with E-state index in [1.165, 1.54) is 13.3 Å². The molecule has 0 atom stereocenters. The van der Waals surface area contributed by atoms with Crippen molar-refractivity contribution in [3.63, 3.8) is 0 Å². The number of carbonyl (C=O) groups excluding carboxylic acids is 1. The summed E-state index contributed by atoms with van der Waals surface area (Å²) in [6.07, 6.45) is 2.39. The van der Waals surface area contributed by atoms with Gasteiger partial charge in [-0.3, -0.25) is 4.79 Å². The van der Waals surface area contributed by atoms with Gasteiger partial charge in [0.25, 0.3) is 5.91 Å². The first-order valence-corrected chi connectivity index (χ1v) is 8.81. The molecule has 2 N–H and O–H groups in total. The fourth-order valence-corrected chi connectivity index (χ4v) is 2.52. The van der Waals surface area contributed by atoms with Gasteiger partial charge in [0, 0.05) is 30.6 Å². The van der Waals surface area contributed by atoms with E-state index < -0.39 is 0 Å². The predicted molar refractivity (Wildman–Crippen MR) is 107 cm³/mol. The molecular formula is C19H27N5O4. The molecule has 9 nitrogen and oxygen atoms in total. The number of hydrogen-bond donors (Lipinski definition) is 2. The van der Waals surface area contributed by atoms with E-state index >= 15 is 0 Å². The average molecular weight is 389 g/mol. The first-order chi connectivity index (χ1) is 13.5. The Labute approximate surface area is 165 Å². The highest BCUT2D eigenvalue weighted by Crippen LogP contribution is 2.40. The van der Waals surface area contributed by atoms with Gasteiger partial charge in [-0.2, -0.15) is 0 Å². The van der Waals surface area contributed by atoms with Gasteiger partial charge in [0.2, 0.25) is 11.7 Å². The summed E-state index contributed by atoms with van der Waals surface area (Å²) in [7, 11) is 8.61. The predicted octanol–water partition coefficient (Wildman–Crippen LogP) is 1.93. The number of nitrogens with one attached hydrogen (secondary N) is 2. The Kier molecular flexibility index (Phi) is 7.82. The standard InChI is InChI=1S/C19H27N5O4/c1-24(2)10-6-8-20-18(25)14-7-9-21-19(23-14)22-13-11-15(26-3)17(28-5)16(12-13)27-4/h7,9,11-12H,6,8,10H2,1-5H3,(H,20,25)(H,21,22,23). The Bertz CT molecular complexity index is 773. The summed E-state index contributed by atoms with van der Waals surface area (Å²) in [4.78, 5) is 22.8. The van der Waals surface area contributed by atoms with Crippen molar-refractivity contribution in [2.45, 2.75) is 6.42 Å². The van der Waals surface area contributed by atoms with E-state index in [0.717, 1.165) is 13.0 Å². The van der Waals surface area contributed by atoms with Crippen molar-refractivity contribution in [1.82, 2.24) is 20.2 Å². The molecule has 0 unspecified atom stereocenters. The third-order valence-electron chi connectivity index (χ3n) is 3.88. The summed E-state index contributed by atoms with van der Waals surface area (Å²) in [5, 5.41) is 5.91. The number of nitrogens with zero attached hydrogens (tertiary/aromatic N) is 3. The van der Waals surface area contributed by atoms with E-state index in [-0.39, 0.29) is 17.5 Å². The molecule has 0 radical (unpaired) electrons. The van der Waals surface area contributed by atoms with Gasteiger partial charge >= 0.3 is 0 Å². The minimum atomic E-state index is -0.242. The molecule has 0 spiro atoms. The molecule has 0 bridgehead atoms. The van der Waals surface area contributed by atoms with Crippen LogP contribution in [0, 0.1) is 0 Å². The Morgan fingerprint density at radius 3 is 2.36 bits per heavy atom. The molecule has 0 saturated heterocycles. The van der Waals surface area contributed by atoms with Crippen LogP contribution in [0.4, 0.5) is 11.6 Å². The maximum atomic E-state index is 12.3. The Morgan fingerprint density at radius 2 is 1.79 bits per heavy atom. The number of amides is 1. The van der Waals surface area contributed by atoms with E-state index in [0.29, 0.717) is 29.5 Å². The first kappa shape index (κ1) is 21.2. The average Bonchev–Trinajstić information content (AvgIpc) is 2.70. The topological polar surface area (TPSA) is 97.8 Å². The van der Waals surface area contributed by atoms with Gasteiger partial charge in [-0.15, -0.1) is 0 Å². The highest BCUT2D eigenvalue weighted by atomic mass is 16.5. The fraction of sp³-hybridized carbons (Fsp3) is 0.421. The van der Waals surface area contributed by atoms with Gasteiger partial charge in [0.05, 0.1) is 21.3 Å². The number of aromatic nitrogens is 2.